The molecule has 1 aliphatic rings. The molecule has 0 unspecified atom stereocenters. The van der Waals surface area contributed by atoms with Crippen LogP contribution in [0, 0.1) is 6.92 Å². The Kier molecular flexibility index (Phi) is 3.40. The van der Waals surface area contributed by atoms with Crippen molar-refractivity contribution in [3.05, 3.63) is 46.4 Å². The summed E-state index contributed by atoms with van der Waals surface area (Å²) in [6.45, 7) is 2.60. The average molecular weight is 288 g/mol. The van der Waals surface area contributed by atoms with Crippen LogP contribution in [0.2, 0.25) is 5.15 Å². The highest BCUT2D eigenvalue weighted by molar-refractivity contribution is 6.32. The lowest BCUT2D eigenvalue weighted by molar-refractivity contribution is 0.112. The molecule has 0 bridgehead atoms. The maximum Gasteiger partial charge on any atom is 0.156 e. The van der Waals surface area contributed by atoms with Gasteiger partial charge in [-0.05, 0) is 31.4 Å². The Bertz CT molecular complexity index is 672. The predicted molar refractivity (Wildman–Crippen MR) is 78.9 cm³/mol. The molecule has 0 atom stereocenters. The van der Waals surface area contributed by atoms with E-state index < -0.39 is 0 Å². The number of halogens is 1. The summed E-state index contributed by atoms with van der Waals surface area (Å²) in [6.07, 6.45) is 2.80. The molecule has 0 spiro atoms. The summed E-state index contributed by atoms with van der Waals surface area (Å²) in [4.78, 5) is 21.9. The smallest absolute Gasteiger partial charge is 0.156 e. The second-order valence-corrected chi connectivity index (χ2v) is 5.16. The Hall–Kier alpha value is -1.94. The van der Waals surface area contributed by atoms with Gasteiger partial charge in [0.2, 0.25) is 0 Å². The number of hydrogen-bond acceptors (Lipinski definition) is 4. The van der Waals surface area contributed by atoms with Crippen molar-refractivity contribution in [1.82, 2.24) is 9.97 Å². The molecule has 5 heteroatoms. The largest absolute Gasteiger partial charge is 0.325 e. The SMILES string of the molecule is Cc1nc(Cl)c(C=O)c(N2CCCc3ccccc32)n1. The van der Waals surface area contributed by atoms with Crippen molar-refractivity contribution in [2.75, 3.05) is 11.4 Å². The van der Waals surface area contributed by atoms with Gasteiger partial charge in [-0.2, -0.15) is 0 Å². The molecular formula is C15H14ClN3O. The third kappa shape index (κ3) is 2.16. The van der Waals surface area contributed by atoms with Crippen molar-refractivity contribution in [2.24, 2.45) is 0 Å². The number of para-hydroxylation sites is 1. The van der Waals surface area contributed by atoms with Gasteiger partial charge < -0.3 is 4.90 Å². The predicted octanol–water partition coefficient (Wildman–Crippen LogP) is 3.34. The summed E-state index contributed by atoms with van der Waals surface area (Å²) in [7, 11) is 0. The van der Waals surface area contributed by atoms with Crippen molar-refractivity contribution >= 4 is 29.4 Å². The summed E-state index contributed by atoms with van der Waals surface area (Å²) in [5.74, 6) is 1.17. The van der Waals surface area contributed by atoms with Crippen molar-refractivity contribution in [3.63, 3.8) is 0 Å². The van der Waals surface area contributed by atoms with Crippen LogP contribution >= 0.6 is 11.6 Å². The highest BCUT2D eigenvalue weighted by atomic mass is 35.5. The van der Waals surface area contributed by atoms with Crippen LogP contribution < -0.4 is 4.90 Å². The van der Waals surface area contributed by atoms with E-state index in [-0.39, 0.29) is 5.15 Å². The van der Waals surface area contributed by atoms with Crippen LogP contribution in [0.1, 0.15) is 28.2 Å². The fraction of sp³-hybridized carbons (Fsp3) is 0.267. The third-order valence-electron chi connectivity index (χ3n) is 3.47. The molecule has 0 fully saturated rings. The molecule has 2 heterocycles. The average Bonchev–Trinajstić information content (AvgIpc) is 2.46. The zero-order valence-electron chi connectivity index (χ0n) is 11.1. The molecule has 0 radical (unpaired) electrons. The second kappa shape index (κ2) is 5.21. The number of anilines is 2. The topological polar surface area (TPSA) is 46.1 Å². The van der Waals surface area contributed by atoms with Gasteiger partial charge in [0, 0.05) is 12.2 Å². The van der Waals surface area contributed by atoms with Crippen molar-refractivity contribution in [2.45, 2.75) is 19.8 Å². The normalized spacial score (nSPS) is 14.0. The molecule has 1 aromatic heterocycles. The van der Waals surface area contributed by atoms with E-state index in [1.807, 2.05) is 12.1 Å². The van der Waals surface area contributed by atoms with Crippen LogP contribution in [0.3, 0.4) is 0 Å². The van der Waals surface area contributed by atoms with E-state index in [1.165, 1.54) is 5.56 Å². The van der Waals surface area contributed by atoms with Crippen LogP contribution in [0.25, 0.3) is 0 Å². The van der Waals surface area contributed by atoms with Crippen molar-refractivity contribution < 1.29 is 4.79 Å². The van der Waals surface area contributed by atoms with Gasteiger partial charge in [0.1, 0.15) is 16.8 Å². The number of hydrogen-bond donors (Lipinski definition) is 0. The first-order valence-electron chi connectivity index (χ1n) is 6.55. The van der Waals surface area contributed by atoms with Gasteiger partial charge in [0.15, 0.2) is 6.29 Å². The van der Waals surface area contributed by atoms with E-state index in [9.17, 15) is 4.79 Å². The fourth-order valence-electron chi connectivity index (χ4n) is 2.59. The van der Waals surface area contributed by atoms with Gasteiger partial charge in [0.25, 0.3) is 0 Å². The minimum absolute atomic E-state index is 0.213. The van der Waals surface area contributed by atoms with Gasteiger partial charge in [-0.25, -0.2) is 9.97 Å². The van der Waals surface area contributed by atoms with Crippen LogP contribution in [0.5, 0.6) is 0 Å². The molecule has 3 rings (SSSR count). The summed E-state index contributed by atoms with van der Waals surface area (Å²) >= 11 is 6.07. The minimum Gasteiger partial charge on any atom is -0.325 e. The van der Waals surface area contributed by atoms with Crippen LogP contribution in [-0.4, -0.2) is 22.8 Å². The monoisotopic (exact) mass is 287 g/mol. The molecular weight excluding hydrogens is 274 g/mol. The van der Waals surface area contributed by atoms with E-state index in [0.29, 0.717) is 17.2 Å². The number of fused-ring (bicyclic) bond motifs is 1. The highest BCUT2D eigenvalue weighted by Crippen LogP contribution is 2.35. The van der Waals surface area contributed by atoms with Crippen LogP contribution in [0.15, 0.2) is 24.3 Å². The number of aldehydes is 1. The Morgan fingerprint density at radius 2 is 2.10 bits per heavy atom. The molecule has 0 amide bonds. The van der Waals surface area contributed by atoms with E-state index >= 15 is 0 Å². The lowest BCUT2D eigenvalue weighted by Gasteiger charge is -2.31. The quantitative estimate of drug-likeness (QED) is 0.628. The lowest BCUT2D eigenvalue weighted by atomic mass is 10.0. The maximum absolute atomic E-state index is 11.3. The fourth-order valence-corrected chi connectivity index (χ4v) is 2.85. The molecule has 1 aromatic carbocycles. The first-order valence-corrected chi connectivity index (χ1v) is 6.93. The summed E-state index contributed by atoms with van der Waals surface area (Å²) in [5, 5.41) is 0.213. The molecule has 2 aromatic rings. The van der Waals surface area contributed by atoms with Crippen LogP contribution in [-0.2, 0) is 6.42 Å². The van der Waals surface area contributed by atoms with Gasteiger partial charge >= 0.3 is 0 Å². The zero-order valence-corrected chi connectivity index (χ0v) is 11.9. The summed E-state index contributed by atoms with van der Waals surface area (Å²) in [6, 6.07) is 8.18. The summed E-state index contributed by atoms with van der Waals surface area (Å²) < 4.78 is 0. The molecule has 0 N–H and O–H groups in total. The number of nitrogens with zero attached hydrogens (tertiary/aromatic N) is 3. The number of rotatable bonds is 2. The standard InChI is InChI=1S/C15H14ClN3O/c1-10-17-14(16)12(9-20)15(18-10)19-8-4-6-11-5-2-3-7-13(11)19/h2-3,5,7,9H,4,6,8H2,1H3. The van der Waals surface area contributed by atoms with Gasteiger partial charge in [0.05, 0.1) is 5.56 Å². The number of aromatic nitrogens is 2. The second-order valence-electron chi connectivity index (χ2n) is 4.80. The van der Waals surface area contributed by atoms with Gasteiger partial charge in [-0.3, -0.25) is 4.79 Å². The van der Waals surface area contributed by atoms with E-state index in [4.69, 9.17) is 11.6 Å². The Balaban J connectivity index is 2.18. The Morgan fingerprint density at radius 1 is 1.30 bits per heavy atom. The zero-order chi connectivity index (χ0) is 14.1. The lowest BCUT2D eigenvalue weighted by Crippen LogP contribution is -2.27. The number of benzene rings is 1. The number of carbonyl (C=O) groups is 1. The molecule has 20 heavy (non-hydrogen) atoms. The Morgan fingerprint density at radius 3 is 2.90 bits per heavy atom. The third-order valence-corrected chi connectivity index (χ3v) is 3.76. The molecule has 0 saturated carbocycles. The van der Waals surface area contributed by atoms with Gasteiger partial charge in [-0.15, -0.1) is 0 Å². The van der Waals surface area contributed by atoms with Crippen molar-refractivity contribution in [3.8, 4) is 0 Å². The molecule has 102 valence electrons. The highest BCUT2D eigenvalue weighted by Gasteiger charge is 2.23. The first-order chi connectivity index (χ1) is 9.70. The van der Waals surface area contributed by atoms with E-state index in [1.54, 1.807) is 6.92 Å². The maximum atomic E-state index is 11.3. The summed E-state index contributed by atoms with van der Waals surface area (Å²) in [5.41, 5.74) is 2.72. The number of aryl methyl sites for hydroxylation is 2. The van der Waals surface area contributed by atoms with E-state index in [2.05, 4.69) is 27.0 Å². The number of carbonyl (C=O) groups excluding carboxylic acids is 1. The van der Waals surface area contributed by atoms with E-state index in [0.717, 1.165) is 31.4 Å². The minimum atomic E-state index is 0.213. The van der Waals surface area contributed by atoms with Gasteiger partial charge in [-0.1, -0.05) is 29.8 Å². The molecule has 0 aliphatic carbocycles. The first kappa shape index (κ1) is 13.1. The van der Waals surface area contributed by atoms with Crippen LogP contribution in [0.4, 0.5) is 11.5 Å². The molecule has 1 aliphatic heterocycles. The Labute approximate surface area is 122 Å². The molecule has 4 nitrogen and oxygen atoms in total. The van der Waals surface area contributed by atoms with Crippen molar-refractivity contribution in [1.29, 1.82) is 0 Å². The molecule has 0 saturated heterocycles.